The van der Waals surface area contributed by atoms with E-state index >= 15 is 0 Å². The lowest BCUT2D eigenvalue weighted by atomic mass is 10.00. The van der Waals surface area contributed by atoms with Gasteiger partial charge in [0.05, 0.1) is 4.92 Å². The van der Waals surface area contributed by atoms with Crippen molar-refractivity contribution in [2.45, 2.75) is 19.4 Å². The number of rotatable bonds is 2. The summed E-state index contributed by atoms with van der Waals surface area (Å²) in [7, 11) is 0. The number of hydrogen-bond donors (Lipinski definition) is 1. The summed E-state index contributed by atoms with van der Waals surface area (Å²) in [6.45, 7) is 3.14. The van der Waals surface area contributed by atoms with Gasteiger partial charge < -0.3 is 9.84 Å². The van der Waals surface area contributed by atoms with Gasteiger partial charge in [-0.1, -0.05) is 0 Å². The maximum absolute atomic E-state index is 11.6. The summed E-state index contributed by atoms with van der Waals surface area (Å²) in [5.41, 5.74) is -0.693. The summed E-state index contributed by atoms with van der Waals surface area (Å²) in [6.07, 6.45) is 0. The molecule has 0 aromatic heterocycles. The zero-order valence-corrected chi connectivity index (χ0v) is 9.84. The molecule has 0 aliphatic carbocycles. The molecule has 1 N–H and O–H groups in total. The number of nitro groups is 1. The minimum atomic E-state index is -1.06. The van der Waals surface area contributed by atoms with Gasteiger partial charge in [-0.25, -0.2) is 4.79 Å². The van der Waals surface area contributed by atoms with Crippen LogP contribution in [-0.2, 0) is 9.53 Å². The third-order valence-electron chi connectivity index (χ3n) is 2.73. The normalized spacial score (nSPS) is 17.8. The zero-order valence-electron chi connectivity index (χ0n) is 9.84. The molecule has 1 aromatic carbocycles. The predicted octanol–water partition coefficient (Wildman–Crippen LogP) is 2.20. The molecule has 0 saturated carbocycles. The summed E-state index contributed by atoms with van der Waals surface area (Å²) in [5.74, 6) is -0.798. The van der Waals surface area contributed by atoms with E-state index in [0.717, 1.165) is 0 Å². The quantitative estimate of drug-likeness (QED) is 0.493. The van der Waals surface area contributed by atoms with E-state index in [1.165, 1.54) is 24.3 Å². The van der Waals surface area contributed by atoms with Crippen molar-refractivity contribution in [3.8, 4) is 0 Å². The third-order valence-corrected chi connectivity index (χ3v) is 2.73. The fourth-order valence-electron chi connectivity index (χ4n) is 1.73. The van der Waals surface area contributed by atoms with E-state index in [0.29, 0.717) is 5.56 Å². The van der Waals surface area contributed by atoms with Gasteiger partial charge in [-0.2, -0.15) is 0 Å². The van der Waals surface area contributed by atoms with Crippen LogP contribution in [-0.4, -0.2) is 21.6 Å². The maximum Gasteiger partial charge on any atom is 0.343 e. The van der Waals surface area contributed by atoms with Crippen molar-refractivity contribution < 1.29 is 19.6 Å². The fourth-order valence-corrected chi connectivity index (χ4v) is 1.73. The van der Waals surface area contributed by atoms with E-state index < -0.39 is 16.5 Å². The molecule has 0 radical (unpaired) electrons. The molecule has 6 nitrogen and oxygen atoms in total. The second kappa shape index (κ2) is 3.83. The molecule has 1 aliphatic rings. The van der Waals surface area contributed by atoms with Gasteiger partial charge in [0.25, 0.3) is 5.69 Å². The topological polar surface area (TPSA) is 89.7 Å². The number of aliphatic hydroxyl groups is 1. The standard InChI is InChI=1S/C12H11NO5/c1-12(2)10(14)9(11(15)18-12)7-3-5-8(6-4-7)13(16)17/h3-6,14H,1-2H3. The van der Waals surface area contributed by atoms with Crippen molar-refractivity contribution in [1.29, 1.82) is 0 Å². The first-order valence-electron chi connectivity index (χ1n) is 5.25. The monoisotopic (exact) mass is 249 g/mol. The van der Waals surface area contributed by atoms with Crippen molar-refractivity contribution in [1.82, 2.24) is 0 Å². The Morgan fingerprint density at radius 2 is 1.83 bits per heavy atom. The Bertz CT molecular complexity index is 556. The molecule has 0 atom stereocenters. The molecular weight excluding hydrogens is 238 g/mol. The van der Waals surface area contributed by atoms with Gasteiger partial charge >= 0.3 is 5.97 Å². The molecular formula is C12H11NO5. The van der Waals surface area contributed by atoms with Gasteiger partial charge in [0, 0.05) is 12.1 Å². The largest absolute Gasteiger partial charge is 0.507 e. The van der Waals surface area contributed by atoms with E-state index in [9.17, 15) is 20.0 Å². The van der Waals surface area contributed by atoms with Gasteiger partial charge in [0.2, 0.25) is 0 Å². The number of cyclic esters (lactones) is 1. The van der Waals surface area contributed by atoms with Crippen LogP contribution in [0, 0.1) is 10.1 Å². The van der Waals surface area contributed by atoms with E-state index in [1.807, 2.05) is 0 Å². The second-order valence-electron chi connectivity index (χ2n) is 4.43. The van der Waals surface area contributed by atoms with Crippen molar-refractivity contribution in [2.24, 2.45) is 0 Å². The molecule has 1 aromatic rings. The number of carbonyl (C=O) groups is 1. The fraction of sp³-hybridized carbons (Fsp3) is 0.250. The lowest BCUT2D eigenvalue weighted by molar-refractivity contribution is -0.384. The molecule has 1 heterocycles. The lowest BCUT2D eigenvalue weighted by Gasteiger charge is -2.16. The average Bonchev–Trinajstić information content (AvgIpc) is 2.48. The Labute approximate surface area is 103 Å². The lowest BCUT2D eigenvalue weighted by Crippen LogP contribution is -2.22. The van der Waals surface area contributed by atoms with Gasteiger partial charge in [0.15, 0.2) is 11.4 Å². The van der Waals surface area contributed by atoms with E-state index in [4.69, 9.17) is 4.74 Å². The molecule has 6 heteroatoms. The number of benzene rings is 1. The molecule has 1 aliphatic heterocycles. The number of carbonyl (C=O) groups excluding carboxylic acids is 1. The molecule has 0 fully saturated rings. The zero-order chi connectivity index (χ0) is 13.5. The highest BCUT2D eigenvalue weighted by Gasteiger charge is 2.41. The summed E-state index contributed by atoms with van der Waals surface area (Å²) in [5, 5.41) is 20.4. The summed E-state index contributed by atoms with van der Waals surface area (Å²) >= 11 is 0. The molecule has 94 valence electrons. The number of esters is 1. The number of nitro benzene ring substituents is 1. The molecule has 0 unspecified atom stereocenters. The van der Waals surface area contributed by atoms with Crippen molar-refractivity contribution in [2.75, 3.05) is 0 Å². The van der Waals surface area contributed by atoms with Gasteiger partial charge in [-0.3, -0.25) is 10.1 Å². The number of aliphatic hydroxyl groups excluding tert-OH is 1. The Morgan fingerprint density at radius 1 is 1.28 bits per heavy atom. The van der Waals surface area contributed by atoms with E-state index in [-0.39, 0.29) is 17.0 Å². The summed E-state index contributed by atoms with van der Waals surface area (Å²) < 4.78 is 5.01. The second-order valence-corrected chi connectivity index (χ2v) is 4.43. The molecule has 0 spiro atoms. The number of nitrogens with zero attached hydrogens (tertiary/aromatic N) is 1. The first-order chi connectivity index (χ1) is 8.33. The van der Waals surface area contributed by atoms with Crippen LogP contribution in [0.25, 0.3) is 5.57 Å². The smallest absolute Gasteiger partial charge is 0.343 e. The Kier molecular flexibility index (Phi) is 2.58. The summed E-state index contributed by atoms with van der Waals surface area (Å²) in [4.78, 5) is 21.6. The highest BCUT2D eigenvalue weighted by atomic mass is 16.6. The van der Waals surface area contributed by atoms with Crippen LogP contribution in [0.15, 0.2) is 30.0 Å². The predicted molar refractivity (Wildman–Crippen MR) is 62.8 cm³/mol. The first-order valence-corrected chi connectivity index (χ1v) is 5.25. The SMILES string of the molecule is CC1(C)OC(=O)C(c2ccc([N+](=O)[O-])cc2)=C1O. The number of ether oxygens (including phenoxy) is 1. The van der Waals surface area contributed by atoms with Gasteiger partial charge in [0.1, 0.15) is 5.57 Å². The van der Waals surface area contributed by atoms with E-state index in [2.05, 4.69) is 0 Å². The highest BCUT2D eigenvalue weighted by molar-refractivity contribution is 6.19. The number of hydrogen-bond acceptors (Lipinski definition) is 5. The first kappa shape index (κ1) is 12.1. The Balaban J connectivity index is 2.46. The molecule has 18 heavy (non-hydrogen) atoms. The maximum atomic E-state index is 11.6. The van der Waals surface area contributed by atoms with Crippen LogP contribution in [0.3, 0.4) is 0 Å². The average molecular weight is 249 g/mol. The molecule has 2 rings (SSSR count). The van der Waals surface area contributed by atoms with Crippen LogP contribution >= 0.6 is 0 Å². The number of non-ortho nitro benzene ring substituents is 1. The van der Waals surface area contributed by atoms with Crippen molar-refractivity contribution in [3.05, 3.63) is 45.7 Å². The minimum absolute atomic E-state index is 0.0508. The van der Waals surface area contributed by atoms with Crippen molar-refractivity contribution in [3.63, 3.8) is 0 Å². The minimum Gasteiger partial charge on any atom is -0.507 e. The van der Waals surface area contributed by atoms with Gasteiger partial charge in [-0.05, 0) is 31.5 Å². The van der Waals surface area contributed by atoms with Gasteiger partial charge in [-0.15, -0.1) is 0 Å². The summed E-state index contributed by atoms with van der Waals surface area (Å²) in [6, 6.07) is 5.36. The van der Waals surface area contributed by atoms with Crippen LogP contribution < -0.4 is 0 Å². The highest BCUT2D eigenvalue weighted by Crippen LogP contribution is 2.36. The van der Waals surface area contributed by atoms with Crippen LogP contribution in [0.1, 0.15) is 19.4 Å². The van der Waals surface area contributed by atoms with E-state index in [1.54, 1.807) is 13.8 Å². The molecule has 0 amide bonds. The van der Waals surface area contributed by atoms with Crippen LogP contribution in [0.2, 0.25) is 0 Å². The van der Waals surface area contributed by atoms with Crippen LogP contribution in [0.5, 0.6) is 0 Å². The Morgan fingerprint density at radius 3 is 2.22 bits per heavy atom. The Hall–Kier alpha value is -2.37. The molecule has 0 bridgehead atoms. The third kappa shape index (κ3) is 1.81. The molecule has 0 saturated heterocycles. The van der Waals surface area contributed by atoms with Crippen LogP contribution in [0.4, 0.5) is 5.69 Å². The van der Waals surface area contributed by atoms with Crippen molar-refractivity contribution >= 4 is 17.2 Å².